The van der Waals surface area contributed by atoms with Gasteiger partial charge >= 0.3 is 5.97 Å². The van der Waals surface area contributed by atoms with Gasteiger partial charge in [0.05, 0.1) is 13.0 Å². The summed E-state index contributed by atoms with van der Waals surface area (Å²) in [5.41, 5.74) is 0. The van der Waals surface area contributed by atoms with Gasteiger partial charge in [0.25, 0.3) is 0 Å². The zero-order chi connectivity index (χ0) is 28.3. The number of carbonyl (C=O) groups is 3. The van der Waals surface area contributed by atoms with Crippen molar-refractivity contribution in [3.05, 3.63) is 0 Å². The molecule has 0 saturated carbocycles. The van der Waals surface area contributed by atoms with Crippen LogP contribution in [0, 0.1) is 0 Å². The Balaban J connectivity index is -0.000000737. The number of ether oxygens (including phenoxy) is 2. The van der Waals surface area contributed by atoms with E-state index in [1.165, 1.54) is 6.92 Å². The first-order chi connectivity index (χ1) is 16.6. The first-order valence-corrected chi connectivity index (χ1v) is 15.4. The van der Waals surface area contributed by atoms with Gasteiger partial charge in [-0.15, -0.1) is 0 Å². The monoisotopic (exact) mass is 540 g/mol. The second-order valence-corrected chi connectivity index (χ2v) is 10.6. The lowest BCUT2D eigenvalue weighted by Crippen LogP contribution is -2.38. The van der Waals surface area contributed by atoms with Crippen LogP contribution in [0.5, 0.6) is 0 Å². The third-order valence-corrected chi connectivity index (χ3v) is 7.44. The van der Waals surface area contributed by atoms with Crippen LogP contribution in [-0.2, 0) is 23.9 Å². The van der Waals surface area contributed by atoms with Gasteiger partial charge in [-0.05, 0) is 26.7 Å². The maximum absolute atomic E-state index is 12.4. The summed E-state index contributed by atoms with van der Waals surface area (Å²) in [5.74, 6) is 0.576. The lowest BCUT2D eigenvalue weighted by molar-refractivity contribution is -0.140. The predicted molar refractivity (Wildman–Crippen MR) is 155 cm³/mol. The number of hydrogen-bond acceptors (Lipinski definition) is 7. The Morgan fingerprint density at radius 2 is 1.29 bits per heavy atom. The maximum atomic E-state index is 12.4. The minimum Gasteiger partial charge on any atom is -0.465 e. The van der Waals surface area contributed by atoms with E-state index in [9.17, 15) is 14.4 Å². The van der Waals surface area contributed by atoms with Crippen molar-refractivity contribution in [1.29, 1.82) is 0 Å². The summed E-state index contributed by atoms with van der Waals surface area (Å²) < 4.78 is 10.2. The smallest absolute Gasteiger partial charge is 0.302 e. The van der Waals surface area contributed by atoms with Crippen molar-refractivity contribution in [3.63, 3.8) is 0 Å². The highest BCUT2D eigenvalue weighted by atomic mass is 33.1. The van der Waals surface area contributed by atoms with Crippen molar-refractivity contribution in [3.8, 4) is 0 Å². The Morgan fingerprint density at radius 3 is 1.74 bits per heavy atom. The molecule has 0 atom stereocenters. The molecule has 0 radical (unpaired) electrons. The Morgan fingerprint density at radius 1 is 0.800 bits per heavy atom. The van der Waals surface area contributed by atoms with Gasteiger partial charge < -0.3 is 19.3 Å². The van der Waals surface area contributed by atoms with Gasteiger partial charge in [0.2, 0.25) is 11.8 Å². The largest absolute Gasteiger partial charge is 0.465 e. The van der Waals surface area contributed by atoms with Crippen molar-refractivity contribution in [1.82, 2.24) is 9.80 Å². The van der Waals surface area contributed by atoms with Gasteiger partial charge in [0.1, 0.15) is 6.61 Å². The van der Waals surface area contributed by atoms with Gasteiger partial charge in [-0.3, -0.25) is 14.4 Å². The molecule has 0 heterocycles. The Bertz CT molecular complexity index is 506. The molecule has 0 aromatic rings. The number of hydrogen-bond donors (Lipinski definition) is 0. The standard InChI is InChI=1S/C20H38N2O5S2.3C2H6/c1-7-13-26-14-9-19(25)22(6)12-11-21(5)18(24)8-10-20(3,4)29-28-16-15-27-17(2)23;3*1-2/h7-16H2,1-6H3;3*1-2H3. The SMILES string of the molecule is CC.CC.CC.CCCOCCC(=O)N(C)CCN(C)C(=O)CCC(C)(C)SSCCOC(C)=O. The molecule has 0 unspecified atom stereocenters. The molecule has 35 heavy (non-hydrogen) atoms. The molecular formula is C26H56N2O5S2. The van der Waals surface area contributed by atoms with E-state index < -0.39 is 0 Å². The van der Waals surface area contributed by atoms with Crippen LogP contribution in [0.3, 0.4) is 0 Å². The molecule has 0 spiro atoms. The fraction of sp³-hybridized carbons (Fsp3) is 0.885. The fourth-order valence-electron chi connectivity index (χ4n) is 2.21. The summed E-state index contributed by atoms with van der Waals surface area (Å²) in [5, 5.41) is 0. The summed E-state index contributed by atoms with van der Waals surface area (Å²) in [7, 11) is 6.89. The zero-order valence-corrected chi connectivity index (χ0v) is 26.5. The molecule has 9 heteroatoms. The van der Waals surface area contributed by atoms with Gasteiger partial charge in [-0.2, -0.15) is 0 Å². The molecule has 0 rings (SSSR count). The van der Waals surface area contributed by atoms with Crippen LogP contribution in [0.4, 0.5) is 0 Å². The Labute approximate surface area is 225 Å². The van der Waals surface area contributed by atoms with Gasteiger partial charge in [-0.1, -0.05) is 70.1 Å². The van der Waals surface area contributed by atoms with Gasteiger partial charge in [-0.25, -0.2) is 0 Å². The average Bonchev–Trinajstić information content (AvgIpc) is 2.86. The van der Waals surface area contributed by atoms with Crippen LogP contribution < -0.4 is 0 Å². The second-order valence-electron chi connectivity index (χ2n) is 7.50. The molecule has 0 aliphatic carbocycles. The van der Waals surface area contributed by atoms with E-state index in [1.54, 1.807) is 45.5 Å². The first-order valence-electron chi connectivity index (χ1n) is 13.1. The summed E-state index contributed by atoms with van der Waals surface area (Å²) >= 11 is 0. The first kappa shape index (κ1) is 41.2. The Kier molecular flexibility index (Phi) is 34.5. The highest BCUT2D eigenvalue weighted by molar-refractivity contribution is 8.77. The van der Waals surface area contributed by atoms with Crippen molar-refractivity contribution in [2.75, 3.05) is 52.8 Å². The van der Waals surface area contributed by atoms with Crippen molar-refractivity contribution in [2.45, 2.75) is 99.7 Å². The van der Waals surface area contributed by atoms with Crippen LogP contribution in [0.15, 0.2) is 0 Å². The fourth-order valence-corrected chi connectivity index (χ4v) is 4.61. The topological polar surface area (TPSA) is 76.2 Å². The van der Waals surface area contributed by atoms with E-state index in [0.717, 1.165) is 18.6 Å². The quantitative estimate of drug-likeness (QED) is 0.129. The third-order valence-electron chi connectivity index (χ3n) is 4.13. The zero-order valence-electron chi connectivity index (χ0n) is 24.8. The molecule has 0 saturated heterocycles. The van der Waals surface area contributed by atoms with E-state index in [4.69, 9.17) is 9.47 Å². The molecule has 0 aliphatic rings. The highest BCUT2D eigenvalue weighted by Crippen LogP contribution is 2.38. The second kappa shape index (κ2) is 29.3. The summed E-state index contributed by atoms with van der Waals surface area (Å²) in [6, 6.07) is 0. The van der Waals surface area contributed by atoms with E-state index in [0.29, 0.717) is 45.8 Å². The van der Waals surface area contributed by atoms with Crippen molar-refractivity contribution >= 4 is 39.4 Å². The Hall–Kier alpha value is -0.930. The van der Waals surface area contributed by atoms with Crippen LogP contribution in [0.1, 0.15) is 94.9 Å². The number of rotatable bonds is 16. The predicted octanol–water partition coefficient (Wildman–Crippen LogP) is 6.30. The summed E-state index contributed by atoms with van der Waals surface area (Å²) in [6.07, 6.45) is 2.53. The van der Waals surface area contributed by atoms with Crippen molar-refractivity contribution in [2.24, 2.45) is 0 Å². The minimum absolute atomic E-state index is 0.0327. The van der Waals surface area contributed by atoms with Crippen LogP contribution in [0.25, 0.3) is 0 Å². The number of carbonyl (C=O) groups excluding carboxylic acids is 3. The number of nitrogens with zero attached hydrogens (tertiary/aromatic N) is 2. The highest BCUT2D eigenvalue weighted by Gasteiger charge is 2.22. The average molecular weight is 541 g/mol. The van der Waals surface area contributed by atoms with E-state index in [-0.39, 0.29) is 22.5 Å². The molecule has 212 valence electrons. The van der Waals surface area contributed by atoms with Crippen LogP contribution in [-0.4, -0.2) is 85.1 Å². The molecule has 7 nitrogen and oxygen atoms in total. The van der Waals surface area contributed by atoms with Crippen LogP contribution >= 0.6 is 21.6 Å². The molecule has 0 bridgehead atoms. The lowest BCUT2D eigenvalue weighted by Gasteiger charge is -2.26. The molecule has 0 aromatic heterocycles. The van der Waals surface area contributed by atoms with Crippen molar-refractivity contribution < 1.29 is 23.9 Å². The summed E-state index contributed by atoms with van der Waals surface area (Å²) in [6.45, 7) is 22.2. The normalized spacial score (nSPS) is 9.83. The third kappa shape index (κ3) is 29.2. The van der Waals surface area contributed by atoms with E-state index >= 15 is 0 Å². The maximum Gasteiger partial charge on any atom is 0.302 e. The van der Waals surface area contributed by atoms with E-state index in [1.807, 2.05) is 48.5 Å². The molecular weight excluding hydrogens is 484 g/mol. The number of likely N-dealkylation sites (N-methyl/N-ethyl adjacent to an activating group) is 2. The molecule has 0 aliphatic heterocycles. The molecule has 0 aromatic carbocycles. The lowest BCUT2D eigenvalue weighted by atomic mass is 10.1. The van der Waals surface area contributed by atoms with Gasteiger partial charge in [0, 0.05) is 57.6 Å². The molecule has 0 fully saturated rings. The van der Waals surface area contributed by atoms with E-state index in [2.05, 4.69) is 13.8 Å². The van der Waals surface area contributed by atoms with Crippen LogP contribution in [0.2, 0.25) is 0 Å². The molecule has 0 N–H and O–H groups in total. The number of esters is 1. The van der Waals surface area contributed by atoms with Gasteiger partial charge in [0.15, 0.2) is 0 Å². The molecule has 2 amide bonds. The number of amides is 2. The minimum atomic E-state index is -0.263. The summed E-state index contributed by atoms with van der Waals surface area (Å²) in [4.78, 5) is 38.5.